The van der Waals surface area contributed by atoms with E-state index in [9.17, 15) is 0 Å². The molecule has 1 aliphatic rings. The third-order valence-electron chi connectivity index (χ3n) is 2.37. The van der Waals surface area contributed by atoms with Gasteiger partial charge in [0.2, 0.25) is 0 Å². The Bertz CT molecular complexity index is 303. The molecule has 1 saturated heterocycles. The normalized spacial score (nSPS) is 22.3. The lowest BCUT2D eigenvalue weighted by Crippen LogP contribution is -2.21. The highest BCUT2D eigenvalue weighted by molar-refractivity contribution is 14.1. The van der Waals surface area contributed by atoms with Crippen molar-refractivity contribution >= 4 is 28.4 Å². The summed E-state index contributed by atoms with van der Waals surface area (Å²) in [5, 5.41) is 0. The van der Waals surface area contributed by atoms with E-state index >= 15 is 0 Å². The van der Waals surface area contributed by atoms with Gasteiger partial charge in [0.25, 0.3) is 0 Å². The number of rotatable bonds is 1. The van der Waals surface area contributed by atoms with Gasteiger partial charge in [0, 0.05) is 19.3 Å². The summed E-state index contributed by atoms with van der Waals surface area (Å²) >= 11 is 2.29. The lowest BCUT2D eigenvalue weighted by Gasteiger charge is -2.17. The second kappa shape index (κ2) is 3.77. The molecule has 0 aromatic carbocycles. The molecule has 1 atom stereocenters. The van der Waals surface area contributed by atoms with Crippen molar-refractivity contribution in [3.8, 4) is 0 Å². The maximum absolute atomic E-state index is 4.30. The Labute approximate surface area is 91.7 Å². The first-order valence-electron chi connectivity index (χ1n) is 4.48. The summed E-state index contributed by atoms with van der Waals surface area (Å²) in [7, 11) is 0. The first-order chi connectivity index (χ1) is 6.27. The summed E-state index contributed by atoms with van der Waals surface area (Å²) in [5.74, 6) is 1.89. The van der Waals surface area contributed by atoms with E-state index < -0.39 is 0 Å². The van der Waals surface area contributed by atoms with Crippen LogP contribution >= 0.6 is 22.6 Å². The van der Waals surface area contributed by atoms with Gasteiger partial charge < -0.3 is 4.90 Å². The molecule has 0 radical (unpaired) electrons. The van der Waals surface area contributed by atoms with Crippen molar-refractivity contribution in [2.75, 3.05) is 18.0 Å². The van der Waals surface area contributed by atoms with E-state index in [0.29, 0.717) is 0 Å². The molecule has 1 aromatic rings. The van der Waals surface area contributed by atoms with Gasteiger partial charge in [-0.1, -0.05) is 6.92 Å². The average molecular weight is 289 g/mol. The van der Waals surface area contributed by atoms with E-state index in [2.05, 4.69) is 44.4 Å². The van der Waals surface area contributed by atoms with Crippen LogP contribution in [0.5, 0.6) is 0 Å². The molecule has 0 spiro atoms. The molecule has 1 aliphatic heterocycles. The molecule has 3 nitrogen and oxygen atoms in total. The summed E-state index contributed by atoms with van der Waals surface area (Å²) in [6, 6.07) is 0. The van der Waals surface area contributed by atoms with E-state index in [-0.39, 0.29) is 0 Å². The van der Waals surface area contributed by atoms with Gasteiger partial charge in [0.05, 0.1) is 3.57 Å². The van der Waals surface area contributed by atoms with Crippen molar-refractivity contribution in [2.24, 2.45) is 5.92 Å². The summed E-state index contributed by atoms with van der Waals surface area (Å²) in [5.41, 5.74) is 0. The number of nitrogens with zero attached hydrogens (tertiary/aromatic N) is 3. The molecular formula is C9H12IN3. The van der Waals surface area contributed by atoms with Crippen LogP contribution in [0, 0.1) is 9.49 Å². The molecule has 2 heterocycles. The first kappa shape index (κ1) is 9.18. The van der Waals surface area contributed by atoms with Crippen molar-refractivity contribution in [3.63, 3.8) is 0 Å². The van der Waals surface area contributed by atoms with Crippen LogP contribution in [0.4, 0.5) is 5.82 Å². The molecule has 1 fully saturated rings. The van der Waals surface area contributed by atoms with Crippen LogP contribution in [0.2, 0.25) is 0 Å². The Morgan fingerprint density at radius 1 is 1.62 bits per heavy atom. The average Bonchev–Trinajstić information content (AvgIpc) is 2.53. The lowest BCUT2D eigenvalue weighted by atomic mass is 10.2. The van der Waals surface area contributed by atoms with Crippen LogP contribution in [0.3, 0.4) is 0 Å². The molecule has 70 valence electrons. The minimum absolute atomic E-state index is 0.797. The predicted molar refractivity (Wildman–Crippen MR) is 60.7 cm³/mol. The van der Waals surface area contributed by atoms with Crippen LogP contribution in [0.25, 0.3) is 0 Å². The van der Waals surface area contributed by atoms with Crippen molar-refractivity contribution < 1.29 is 0 Å². The molecule has 0 amide bonds. The fourth-order valence-corrected chi connectivity index (χ4v) is 2.31. The second-order valence-electron chi connectivity index (χ2n) is 3.53. The van der Waals surface area contributed by atoms with Gasteiger partial charge >= 0.3 is 0 Å². The van der Waals surface area contributed by atoms with E-state index in [0.717, 1.165) is 28.4 Å². The molecule has 1 unspecified atom stereocenters. The molecule has 0 saturated carbocycles. The number of hydrogen-bond acceptors (Lipinski definition) is 3. The van der Waals surface area contributed by atoms with E-state index in [1.807, 2.05) is 6.20 Å². The van der Waals surface area contributed by atoms with Gasteiger partial charge in [-0.15, -0.1) is 0 Å². The highest BCUT2D eigenvalue weighted by Gasteiger charge is 2.21. The summed E-state index contributed by atoms with van der Waals surface area (Å²) in [6.07, 6.45) is 4.77. The van der Waals surface area contributed by atoms with Gasteiger partial charge in [-0.2, -0.15) is 0 Å². The molecule has 0 bridgehead atoms. The second-order valence-corrected chi connectivity index (χ2v) is 4.70. The molecule has 2 rings (SSSR count). The van der Waals surface area contributed by atoms with Gasteiger partial charge in [-0.3, -0.25) is 0 Å². The van der Waals surface area contributed by atoms with Crippen LogP contribution in [0.1, 0.15) is 13.3 Å². The Hall–Kier alpha value is -0.390. The predicted octanol–water partition coefficient (Wildman–Crippen LogP) is 1.93. The SMILES string of the molecule is CC1CCN(c2ncncc2I)C1. The van der Waals surface area contributed by atoms with E-state index in [1.54, 1.807) is 6.33 Å². The maximum Gasteiger partial charge on any atom is 0.145 e. The largest absolute Gasteiger partial charge is 0.355 e. The van der Waals surface area contributed by atoms with Crippen LogP contribution in [-0.4, -0.2) is 23.1 Å². The summed E-state index contributed by atoms with van der Waals surface area (Å²) in [4.78, 5) is 10.6. The van der Waals surface area contributed by atoms with Crippen molar-refractivity contribution in [1.29, 1.82) is 0 Å². The Morgan fingerprint density at radius 3 is 3.08 bits per heavy atom. The van der Waals surface area contributed by atoms with Gasteiger partial charge in [-0.25, -0.2) is 9.97 Å². The Balaban J connectivity index is 2.21. The fraction of sp³-hybridized carbons (Fsp3) is 0.556. The molecule has 4 heteroatoms. The smallest absolute Gasteiger partial charge is 0.145 e. The fourth-order valence-electron chi connectivity index (χ4n) is 1.67. The third-order valence-corrected chi connectivity index (χ3v) is 3.13. The van der Waals surface area contributed by atoms with Crippen molar-refractivity contribution in [1.82, 2.24) is 9.97 Å². The highest BCUT2D eigenvalue weighted by Crippen LogP contribution is 2.24. The molecular weight excluding hydrogens is 277 g/mol. The number of hydrogen-bond donors (Lipinski definition) is 0. The molecule has 1 aromatic heterocycles. The summed E-state index contributed by atoms with van der Waals surface area (Å²) in [6.45, 7) is 4.55. The van der Waals surface area contributed by atoms with Crippen molar-refractivity contribution in [3.05, 3.63) is 16.1 Å². The first-order valence-corrected chi connectivity index (χ1v) is 5.55. The quantitative estimate of drug-likeness (QED) is 0.740. The van der Waals surface area contributed by atoms with Crippen LogP contribution < -0.4 is 4.90 Å². The zero-order valence-electron chi connectivity index (χ0n) is 7.57. The zero-order valence-corrected chi connectivity index (χ0v) is 9.73. The van der Waals surface area contributed by atoms with Crippen molar-refractivity contribution in [2.45, 2.75) is 13.3 Å². The van der Waals surface area contributed by atoms with Gasteiger partial charge in [0.1, 0.15) is 12.1 Å². The lowest BCUT2D eigenvalue weighted by molar-refractivity contribution is 0.658. The Morgan fingerprint density at radius 2 is 2.46 bits per heavy atom. The number of halogens is 1. The standard InChI is InChI=1S/C9H12IN3/c1-7-2-3-13(5-7)9-8(10)4-11-6-12-9/h4,6-7H,2-3,5H2,1H3. The molecule has 0 N–H and O–H groups in total. The van der Waals surface area contributed by atoms with Crippen LogP contribution in [-0.2, 0) is 0 Å². The molecule has 13 heavy (non-hydrogen) atoms. The monoisotopic (exact) mass is 289 g/mol. The number of aromatic nitrogens is 2. The third kappa shape index (κ3) is 1.92. The maximum atomic E-state index is 4.30. The highest BCUT2D eigenvalue weighted by atomic mass is 127. The Kier molecular flexibility index (Phi) is 2.66. The molecule has 0 aliphatic carbocycles. The summed E-state index contributed by atoms with van der Waals surface area (Å²) < 4.78 is 1.15. The van der Waals surface area contributed by atoms with E-state index in [4.69, 9.17) is 0 Å². The minimum Gasteiger partial charge on any atom is -0.355 e. The zero-order chi connectivity index (χ0) is 9.26. The van der Waals surface area contributed by atoms with Gasteiger partial charge in [-0.05, 0) is 34.9 Å². The minimum atomic E-state index is 0.797. The van der Waals surface area contributed by atoms with Gasteiger partial charge in [0.15, 0.2) is 0 Å². The number of anilines is 1. The van der Waals surface area contributed by atoms with E-state index in [1.165, 1.54) is 6.42 Å². The van der Waals surface area contributed by atoms with Crippen LogP contribution in [0.15, 0.2) is 12.5 Å². The topological polar surface area (TPSA) is 29.0 Å².